The van der Waals surface area contributed by atoms with Gasteiger partial charge in [0.1, 0.15) is 6.04 Å². The Kier molecular flexibility index (Phi) is 4.90. The Balaban J connectivity index is 2.58. The van der Waals surface area contributed by atoms with E-state index in [0.29, 0.717) is 6.42 Å². The first-order valence-corrected chi connectivity index (χ1v) is 6.18. The van der Waals surface area contributed by atoms with Gasteiger partial charge in [-0.1, -0.05) is 6.92 Å². The average molecular weight is 253 g/mol. The van der Waals surface area contributed by atoms with E-state index in [9.17, 15) is 9.59 Å². The van der Waals surface area contributed by atoms with Crippen LogP contribution in [0.25, 0.3) is 6.08 Å². The van der Waals surface area contributed by atoms with Crippen LogP contribution in [0, 0.1) is 6.92 Å². The van der Waals surface area contributed by atoms with Gasteiger partial charge in [0.25, 0.3) is 0 Å². The highest BCUT2D eigenvalue weighted by Crippen LogP contribution is 2.16. The number of hydrogen-bond acceptors (Lipinski definition) is 3. The predicted molar refractivity (Wildman–Crippen MR) is 67.9 cm³/mol. The van der Waals surface area contributed by atoms with Gasteiger partial charge in [-0.3, -0.25) is 4.79 Å². The third kappa shape index (κ3) is 4.03. The number of nitrogens with one attached hydrogen (secondary N) is 1. The van der Waals surface area contributed by atoms with Crippen molar-refractivity contribution in [3.8, 4) is 0 Å². The predicted octanol–water partition coefficient (Wildman–Crippen LogP) is 2.05. The standard InChI is InChI=1S/C12H15NO3S/c1-3-9(12(15)16)13-11(14)5-4-10-8(2)6-7-17-10/h4-7,9H,3H2,1-2H3,(H,13,14)(H,15,16)/t9-/m1/s1. The minimum Gasteiger partial charge on any atom is -0.480 e. The molecule has 1 atom stereocenters. The van der Waals surface area contributed by atoms with Gasteiger partial charge in [0, 0.05) is 11.0 Å². The fourth-order valence-electron chi connectivity index (χ4n) is 1.26. The molecule has 1 amide bonds. The van der Waals surface area contributed by atoms with E-state index in [0.717, 1.165) is 10.4 Å². The first-order valence-electron chi connectivity index (χ1n) is 5.30. The van der Waals surface area contributed by atoms with Crippen molar-refractivity contribution in [2.45, 2.75) is 26.3 Å². The second-order valence-electron chi connectivity index (χ2n) is 3.61. The molecule has 0 aliphatic heterocycles. The molecular weight excluding hydrogens is 238 g/mol. The summed E-state index contributed by atoms with van der Waals surface area (Å²) in [6.45, 7) is 3.67. The van der Waals surface area contributed by atoms with E-state index in [1.165, 1.54) is 17.4 Å². The fraction of sp³-hybridized carbons (Fsp3) is 0.333. The zero-order valence-electron chi connectivity index (χ0n) is 9.77. The van der Waals surface area contributed by atoms with Crippen LogP contribution in [0.5, 0.6) is 0 Å². The molecule has 2 N–H and O–H groups in total. The van der Waals surface area contributed by atoms with E-state index >= 15 is 0 Å². The van der Waals surface area contributed by atoms with Gasteiger partial charge in [0.2, 0.25) is 5.91 Å². The normalized spacial score (nSPS) is 12.6. The molecule has 17 heavy (non-hydrogen) atoms. The third-order valence-electron chi connectivity index (χ3n) is 2.31. The van der Waals surface area contributed by atoms with Crippen molar-refractivity contribution in [1.29, 1.82) is 0 Å². The second kappa shape index (κ2) is 6.20. The van der Waals surface area contributed by atoms with E-state index < -0.39 is 12.0 Å². The summed E-state index contributed by atoms with van der Waals surface area (Å²) in [4.78, 5) is 23.2. The molecule has 0 aromatic carbocycles. The summed E-state index contributed by atoms with van der Waals surface area (Å²) in [7, 11) is 0. The Labute approximate surface area is 104 Å². The molecule has 0 unspecified atom stereocenters. The summed E-state index contributed by atoms with van der Waals surface area (Å²) < 4.78 is 0. The highest BCUT2D eigenvalue weighted by Gasteiger charge is 2.15. The lowest BCUT2D eigenvalue weighted by molar-refractivity contribution is -0.141. The van der Waals surface area contributed by atoms with Crippen molar-refractivity contribution in [1.82, 2.24) is 5.32 Å². The molecule has 0 bridgehead atoms. The zero-order valence-corrected chi connectivity index (χ0v) is 10.6. The van der Waals surface area contributed by atoms with E-state index in [1.54, 1.807) is 13.0 Å². The van der Waals surface area contributed by atoms with Crippen molar-refractivity contribution >= 4 is 29.3 Å². The maximum Gasteiger partial charge on any atom is 0.326 e. The van der Waals surface area contributed by atoms with Gasteiger partial charge in [-0.15, -0.1) is 11.3 Å². The van der Waals surface area contributed by atoms with E-state index in [4.69, 9.17) is 5.11 Å². The molecule has 0 spiro atoms. The number of thiophene rings is 1. The molecule has 0 saturated heterocycles. The molecule has 0 aliphatic carbocycles. The van der Waals surface area contributed by atoms with Gasteiger partial charge in [0.15, 0.2) is 0 Å². The number of aryl methyl sites for hydroxylation is 1. The van der Waals surface area contributed by atoms with Crippen LogP contribution in [-0.4, -0.2) is 23.0 Å². The summed E-state index contributed by atoms with van der Waals surface area (Å²) >= 11 is 1.54. The molecule has 1 heterocycles. The van der Waals surface area contributed by atoms with Crippen LogP contribution in [0.15, 0.2) is 17.5 Å². The van der Waals surface area contributed by atoms with E-state index in [1.807, 2.05) is 18.4 Å². The molecule has 0 fully saturated rings. The smallest absolute Gasteiger partial charge is 0.326 e. The molecule has 5 heteroatoms. The zero-order chi connectivity index (χ0) is 12.8. The van der Waals surface area contributed by atoms with E-state index in [-0.39, 0.29) is 5.91 Å². The number of hydrogen-bond donors (Lipinski definition) is 2. The first kappa shape index (κ1) is 13.4. The molecule has 0 aliphatic rings. The number of amides is 1. The van der Waals surface area contributed by atoms with Gasteiger partial charge in [-0.2, -0.15) is 0 Å². The lowest BCUT2D eigenvalue weighted by Gasteiger charge is -2.09. The minimum atomic E-state index is -1.01. The fourth-order valence-corrected chi connectivity index (χ4v) is 2.08. The molecule has 0 saturated carbocycles. The van der Waals surface area contributed by atoms with Crippen LogP contribution in [0.3, 0.4) is 0 Å². The molecular formula is C12H15NO3S. The number of carbonyl (C=O) groups excluding carboxylic acids is 1. The summed E-state index contributed by atoms with van der Waals surface area (Å²) in [5.74, 6) is -1.39. The molecule has 1 aromatic heterocycles. The first-order chi connectivity index (χ1) is 8.04. The minimum absolute atomic E-state index is 0.368. The number of rotatable bonds is 5. The summed E-state index contributed by atoms with van der Waals surface area (Å²) in [5.41, 5.74) is 1.10. The maximum atomic E-state index is 11.5. The van der Waals surface area contributed by atoms with Crippen LogP contribution in [0.4, 0.5) is 0 Å². The molecule has 4 nitrogen and oxygen atoms in total. The molecule has 92 valence electrons. The number of carbonyl (C=O) groups is 2. The maximum absolute atomic E-state index is 11.5. The number of aliphatic carboxylic acids is 1. The molecule has 1 rings (SSSR count). The lowest BCUT2D eigenvalue weighted by Crippen LogP contribution is -2.39. The van der Waals surface area contributed by atoms with Gasteiger partial charge in [-0.25, -0.2) is 4.79 Å². The Morgan fingerprint density at radius 1 is 1.59 bits per heavy atom. The summed E-state index contributed by atoms with van der Waals surface area (Å²) in [6.07, 6.45) is 3.43. The van der Waals surface area contributed by atoms with E-state index in [2.05, 4.69) is 5.32 Å². The second-order valence-corrected chi connectivity index (χ2v) is 4.56. The van der Waals surface area contributed by atoms with Gasteiger partial charge < -0.3 is 10.4 Å². The highest BCUT2D eigenvalue weighted by molar-refractivity contribution is 7.11. The van der Waals surface area contributed by atoms with Crippen LogP contribution in [0.1, 0.15) is 23.8 Å². The van der Waals surface area contributed by atoms with Crippen molar-refractivity contribution in [2.24, 2.45) is 0 Å². The van der Waals surface area contributed by atoms with Gasteiger partial charge in [-0.05, 0) is 36.4 Å². The van der Waals surface area contributed by atoms with Crippen molar-refractivity contribution in [2.75, 3.05) is 0 Å². The highest BCUT2D eigenvalue weighted by atomic mass is 32.1. The van der Waals surface area contributed by atoms with Gasteiger partial charge >= 0.3 is 5.97 Å². The SMILES string of the molecule is CC[C@@H](NC(=O)C=Cc1sccc1C)C(=O)O. The van der Waals surface area contributed by atoms with Crippen LogP contribution < -0.4 is 5.32 Å². The Morgan fingerprint density at radius 2 is 2.29 bits per heavy atom. The number of carboxylic acid groups (broad SMARTS) is 1. The Morgan fingerprint density at radius 3 is 2.76 bits per heavy atom. The molecule has 1 aromatic rings. The topological polar surface area (TPSA) is 66.4 Å². The molecule has 0 radical (unpaired) electrons. The largest absolute Gasteiger partial charge is 0.480 e. The van der Waals surface area contributed by atoms with Gasteiger partial charge in [0.05, 0.1) is 0 Å². The van der Waals surface area contributed by atoms with Crippen molar-refractivity contribution in [3.63, 3.8) is 0 Å². The Hall–Kier alpha value is -1.62. The Bertz CT molecular complexity index is 437. The number of carboxylic acids is 1. The summed E-state index contributed by atoms with van der Waals surface area (Å²) in [6, 6.07) is 1.14. The average Bonchev–Trinajstić information content (AvgIpc) is 2.68. The summed E-state index contributed by atoms with van der Waals surface area (Å²) in [5, 5.41) is 13.2. The lowest BCUT2D eigenvalue weighted by atomic mass is 10.2. The van der Waals surface area contributed by atoms with Crippen LogP contribution >= 0.6 is 11.3 Å². The van der Waals surface area contributed by atoms with Crippen LogP contribution in [0.2, 0.25) is 0 Å². The quantitative estimate of drug-likeness (QED) is 0.789. The van der Waals surface area contributed by atoms with Crippen molar-refractivity contribution in [3.05, 3.63) is 28.0 Å². The van der Waals surface area contributed by atoms with Crippen molar-refractivity contribution < 1.29 is 14.7 Å². The van der Waals surface area contributed by atoms with Crippen LogP contribution in [-0.2, 0) is 9.59 Å². The monoisotopic (exact) mass is 253 g/mol. The third-order valence-corrected chi connectivity index (χ3v) is 3.29.